The lowest BCUT2D eigenvalue weighted by molar-refractivity contribution is -0.119. The fraction of sp³-hybridized carbons (Fsp3) is 0.889. The fourth-order valence-corrected chi connectivity index (χ4v) is 1.01. The summed E-state index contributed by atoms with van der Waals surface area (Å²) in [6.45, 7) is 8.75. The van der Waals surface area contributed by atoms with Crippen molar-refractivity contribution in [3.8, 4) is 0 Å². The van der Waals surface area contributed by atoms with Gasteiger partial charge in [-0.2, -0.15) is 0 Å². The van der Waals surface area contributed by atoms with Gasteiger partial charge in [0.25, 0.3) is 0 Å². The van der Waals surface area contributed by atoms with Crippen molar-refractivity contribution in [2.45, 2.75) is 46.2 Å². The van der Waals surface area contributed by atoms with Crippen molar-refractivity contribution in [3.63, 3.8) is 0 Å². The molecule has 1 atom stereocenters. The summed E-state index contributed by atoms with van der Waals surface area (Å²) in [5.74, 6) is 0.0482. The van der Waals surface area contributed by atoms with Gasteiger partial charge >= 0.3 is 0 Å². The first kappa shape index (κ1) is 11.4. The highest BCUT2D eigenvalue weighted by molar-refractivity contribution is 5.73. The van der Waals surface area contributed by atoms with Crippen LogP contribution in [0.1, 0.15) is 34.1 Å². The summed E-state index contributed by atoms with van der Waals surface area (Å²) in [6.07, 6.45) is 0.984. The van der Waals surface area contributed by atoms with Crippen molar-refractivity contribution in [2.75, 3.05) is 6.54 Å². The van der Waals surface area contributed by atoms with E-state index in [9.17, 15) is 4.79 Å². The standard InChI is InChI=1S/C9H20N2O/c1-7(2)10-6-5-8(3)11-9(4)12/h7-8,10H,5-6H2,1-4H3,(H,11,12). The molecule has 1 unspecified atom stereocenters. The Morgan fingerprint density at radius 2 is 1.92 bits per heavy atom. The minimum absolute atomic E-state index is 0.0482. The van der Waals surface area contributed by atoms with Crippen LogP contribution >= 0.6 is 0 Å². The van der Waals surface area contributed by atoms with Gasteiger partial charge < -0.3 is 10.6 Å². The monoisotopic (exact) mass is 172 g/mol. The van der Waals surface area contributed by atoms with E-state index in [0.717, 1.165) is 13.0 Å². The van der Waals surface area contributed by atoms with Gasteiger partial charge in [-0.25, -0.2) is 0 Å². The summed E-state index contributed by atoms with van der Waals surface area (Å²) in [5.41, 5.74) is 0. The zero-order valence-corrected chi connectivity index (χ0v) is 8.48. The van der Waals surface area contributed by atoms with Crippen LogP contribution in [0.3, 0.4) is 0 Å². The fourth-order valence-electron chi connectivity index (χ4n) is 1.01. The highest BCUT2D eigenvalue weighted by Gasteiger charge is 2.02. The maximum Gasteiger partial charge on any atom is 0.217 e. The third-order valence-corrected chi connectivity index (χ3v) is 1.58. The molecule has 0 spiro atoms. The van der Waals surface area contributed by atoms with E-state index in [0.29, 0.717) is 6.04 Å². The van der Waals surface area contributed by atoms with Gasteiger partial charge in [0.1, 0.15) is 0 Å². The Labute approximate surface area is 74.9 Å². The maximum atomic E-state index is 10.6. The zero-order chi connectivity index (χ0) is 9.56. The van der Waals surface area contributed by atoms with Crippen LogP contribution in [-0.2, 0) is 4.79 Å². The van der Waals surface area contributed by atoms with Crippen LogP contribution in [0.4, 0.5) is 0 Å². The first-order valence-corrected chi connectivity index (χ1v) is 4.53. The Balaban J connectivity index is 3.31. The number of nitrogens with one attached hydrogen (secondary N) is 2. The van der Waals surface area contributed by atoms with Crippen LogP contribution < -0.4 is 10.6 Å². The second-order valence-corrected chi connectivity index (χ2v) is 3.50. The van der Waals surface area contributed by atoms with Crippen LogP contribution in [-0.4, -0.2) is 24.5 Å². The molecule has 0 bridgehead atoms. The normalized spacial score (nSPS) is 13.1. The molecule has 0 aliphatic rings. The Bertz CT molecular complexity index is 134. The molecule has 0 rings (SSSR count). The minimum Gasteiger partial charge on any atom is -0.354 e. The Morgan fingerprint density at radius 1 is 1.33 bits per heavy atom. The van der Waals surface area contributed by atoms with Crippen molar-refractivity contribution in [1.82, 2.24) is 10.6 Å². The molecule has 0 aromatic heterocycles. The predicted octanol–water partition coefficient (Wildman–Crippen LogP) is 0.899. The third-order valence-electron chi connectivity index (χ3n) is 1.58. The van der Waals surface area contributed by atoms with Crippen molar-refractivity contribution in [1.29, 1.82) is 0 Å². The average molecular weight is 172 g/mol. The number of hydrogen-bond acceptors (Lipinski definition) is 2. The van der Waals surface area contributed by atoms with Gasteiger partial charge in [-0.3, -0.25) is 4.79 Å². The van der Waals surface area contributed by atoms with E-state index in [-0.39, 0.29) is 11.9 Å². The SMILES string of the molecule is CC(=O)NC(C)CCNC(C)C. The number of rotatable bonds is 5. The van der Waals surface area contributed by atoms with E-state index < -0.39 is 0 Å². The number of carbonyl (C=O) groups is 1. The second-order valence-electron chi connectivity index (χ2n) is 3.50. The van der Waals surface area contributed by atoms with E-state index in [1.165, 1.54) is 0 Å². The van der Waals surface area contributed by atoms with Crippen molar-refractivity contribution in [2.24, 2.45) is 0 Å². The van der Waals surface area contributed by atoms with Gasteiger partial charge in [-0.15, -0.1) is 0 Å². The number of carbonyl (C=O) groups excluding carboxylic acids is 1. The molecular weight excluding hydrogens is 152 g/mol. The summed E-state index contributed by atoms with van der Waals surface area (Å²) in [6, 6.07) is 0.795. The molecule has 3 nitrogen and oxygen atoms in total. The van der Waals surface area contributed by atoms with Crippen molar-refractivity contribution < 1.29 is 4.79 Å². The molecule has 0 aromatic carbocycles. The molecule has 1 amide bonds. The smallest absolute Gasteiger partial charge is 0.217 e. The van der Waals surface area contributed by atoms with Gasteiger partial charge in [0.15, 0.2) is 0 Å². The molecule has 0 saturated carbocycles. The lowest BCUT2D eigenvalue weighted by Crippen LogP contribution is -2.34. The lowest BCUT2D eigenvalue weighted by atomic mass is 10.2. The quantitative estimate of drug-likeness (QED) is 0.647. The third kappa shape index (κ3) is 7.54. The zero-order valence-electron chi connectivity index (χ0n) is 8.48. The molecule has 0 aromatic rings. The van der Waals surface area contributed by atoms with Crippen molar-refractivity contribution >= 4 is 5.91 Å². The summed E-state index contributed by atoms with van der Waals surface area (Å²) in [5, 5.41) is 6.14. The summed E-state index contributed by atoms with van der Waals surface area (Å²) in [7, 11) is 0. The van der Waals surface area contributed by atoms with E-state index in [4.69, 9.17) is 0 Å². The highest BCUT2D eigenvalue weighted by Crippen LogP contribution is 1.89. The van der Waals surface area contributed by atoms with Crippen LogP contribution in [0.15, 0.2) is 0 Å². The molecule has 0 saturated heterocycles. The van der Waals surface area contributed by atoms with Gasteiger partial charge in [0.2, 0.25) is 5.91 Å². The Morgan fingerprint density at radius 3 is 2.33 bits per heavy atom. The molecule has 0 fully saturated rings. The Kier molecular flexibility index (Phi) is 5.72. The molecule has 3 heteroatoms. The minimum atomic E-state index is 0.0482. The molecule has 0 aliphatic heterocycles. The highest BCUT2D eigenvalue weighted by atomic mass is 16.1. The van der Waals surface area contributed by atoms with Crippen LogP contribution in [0.5, 0.6) is 0 Å². The Hall–Kier alpha value is -0.570. The average Bonchev–Trinajstić information content (AvgIpc) is 1.84. The van der Waals surface area contributed by atoms with E-state index in [2.05, 4.69) is 24.5 Å². The second kappa shape index (κ2) is 6.00. The molecule has 0 aliphatic carbocycles. The molecule has 12 heavy (non-hydrogen) atoms. The topological polar surface area (TPSA) is 41.1 Å². The summed E-state index contributed by atoms with van der Waals surface area (Å²) in [4.78, 5) is 10.6. The van der Waals surface area contributed by atoms with Crippen LogP contribution in [0, 0.1) is 0 Å². The van der Waals surface area contributed by atoms with Crippen molar-refractivity contribution in [3.05, 3.63) is 0 Å². The van der Waals surface area contributed by atoms with Gasteiger partial charge in [-0.05, 0) is 19.9 Å². The number of amides is 1. The van der Waals surface area contributed by atoms with Gasteiger partial charge in [0.05, 0.1) is 0 Å². The first-order valence-electron chi connectivity index (χ1n) is 4.53. The molecule has 2 N–H and O–H groups in total. The summed E-state index contributed by atoms with van der Waals surface area (Å²) < 4.78 is 0. The predicted molar refractivity (Wildman–Crippen MR) is 51.0 cm³/mol. The van der Waals surface area contributed by atoms with Crippen LogP contribution in [0.25, 0.3) is 0 Å². The first-order chi connectivity index (χ1) is 5.52. The van der Waals surface area contributed by atoms with Gasteiger partial charge in [0, 0.05) is 19.0 Å². The molecular formula is C9H20N2O. The summed E-state index contributed by atoms with van der Waals surface area (Å²) >= 11 is 0. The maximum absolute atomic E-state index is 10.6. The molecule has 0 radical (unpaired) electrons. The van der Waals surface area contributed by atoms with Crippen LogP contribution in [0.2, 0.25) is 0 Å². The largest absolute Gasteiger partial charge is 0.354 e. The molecule has 0 heterocycles. The van der Waals surface area contributed by atoms with E-state index >= 15 is 0 Å². The number of hydrogen-bond donors (Lipinski definition) is 2. The molecule has 72 valence electrons. The van der Waals surface area contributed by atoms with E-state index in [1.807, 2.05) is 6.92 Å². The lowest BCUT2D eigenvalue weighted by Gasteiger charge is -2.13. The van der Waals surface area contributed by atoms with Gasteiger partial charge in [-0.1, -0.05) is 13.8 Å². The van der Waals surface area contributed by atoms with E-state index in [1.54, 1.807) is 6.92 Å².